The number of pyridine rings is 1. The highest BCUT2D eigenvalue weighted by atomic mass is 35.5. The van der Waals surface area contributed by atoms with E-state index in [1.54, 1.807) is 11.3 Å². The molecule has 0 aliphatic heterocycles. The second-order valence-corrected chi connectivity index (χ2v) is 6.24. The third-order valence-corrected chi connectivity index (χ3v) is 4.30. The van der Waals surface area contributed by atoms with Gasteiger partial charge in [0.15, 0.2) is 0 Å². The first kappa shape index (κ1) is 12.6. The number of aromatic nitrogens is 1. The Morgan fingerprint density at radius 1 is 1.11 bits per heavy atom. The third-order valence-electron chi connectivity index (χ3n) is 3.05. The van der Waals surface area contributed by atoms with Crippen LogP contribution in [0.1, 0.15) is 16.6 Å². The van der Waals surface area contributed by atoms with Gasteiger partial charge in [0.2, 0.25) is 0 Å². The lowest BCUT2D eigenvalue weighted by Gasteiger charge is -2.10. The maximum Gasteiger partial charge on any atom is 0.0931 e. The molecule has 19 heavy (non-hydrogen) atoms. The molecule has 4 heteroatoms. The maximum atomic E-state index is 6.23. The standard InChI is InChI=1S/C15H13ClN2S/c16-15-8-6-11(19-15)9-12(17)14-7-5-10-3-1-2-4-13(10)18-14/h1-8,12H,9,17H2. The molecule has 1 atom stereocenters. The Balaban J connectivity index is 1.86. The summed E-state index contributed by atoms with van der Waals surface area (Å²) in [7, 11) is 0. The number of halogens is 1. The molecule has 0 saturated heterocycles. The molecule has 0 saturated carbocycles. The van der Waals surface area contributed by atoms with Gasteiger partial charge in [-0.25, -0.2) is 0 Å². The highest BCUT2D eigenvalue weighted by molar-refractivity contribution is 7.16. The Kier molecular flexibility index (Phi) is 3.51. The van der Waals surface area contributed by atoms with E-state index in [0.717, 1.165) is 27.4 Å². The summed E-state index contributed by atoms with van der Waals surface area (Å²) in [5, 5.41) is 1.14. The molecule has 96 valence electrons. The van der Waals surface area contributed by atoms with Crippen molar-refractivity contribution >= 4 is 33.8 Å². The molecule has 1 aromatic carbocycles. The molecule has 3 aromatic rings. The van der Waals surface area contributed by atoms with Crippen molar-refractivity contribution in [1.29, 1.82) is 0 Å². The van der Waals surface area contributed by atoms with Crippen molar-refractivity contribution in [3.63, 3.8) is 0 Å². The first-order valence-corrected chi connectivity index (χ1v) is 7.27. The van der Waals surface area contributed by atoms with Crippen LogP contribution in [0.5, 0.6) is 0 Å². The molecule has 0 aliphatic carbocycles. The summed E-state index contributed by atoms with van der Waals surface area (Å²) in [6, 6.07) is 16.0. The predicted octanol–water partition coefficient (Wildman–Crippen LogP) is 4.19. The smallest absolute Gasteiger partial charge is 0.0931 e. The Morgan fingerprint density at radius 3 is 2.74 bits per heavy atom. The second-order valence-electron chi connectivity index (χ2n) is 4.45. The molecule has 0 radical (unpaired) electrons. The minimum atomic E-state index is -0.0978. The Bertz CT molecular complexity index is 708. The quantitative estimate of drug-likeness (QED) is 0.785. The fourth-order valence-corrected chi connectivity index (χ4v) is 3.22. The van der Waals surface area contributed by atoms with Gasteiger partial charge >= 0.3 is 0 Å². The van der Waals surface area contributed by atoms with Crippen LogP contribution in [0.25, 0.3) is 10.9 Å². The minimum absolute atomic E-state index is 0.0978. The monoisotopic (exact) mass is 288 g/mol. The van der Waals surface area contributed by atoms with Crippen molar-refractivity contribution in [2.45, 2.75) is 12.5 Å². The molecule has 0 bridgehead atoms. The molecule has 0 spiro atoms. The average Bonchev–Trinajstić information content (AvgIpc) is 2.83. The lowest BCUT2D eigenvalue weighted by molar-refractivity contribution is 0.707. The highest BCUT2D eigenvalue weighted by Crippen LogP contribution is 2.25. The molecule has 2 heterocycles. The Morgan fingerprint density at radius 2 is 1.95 bits per heavy atom. The van der Waals surface area contributed by atoms with Crippen LogP contribution >= 0.6 is 22.9 Å². The molecular weight excluding hydrogens is 276 g/mol. The van der Waals surface area contributed by atoms with Crippen LogP contribution in [0.15, 0.2) is 48.5 Å². The van der Waals surface area contributed by atoms with Crippen LogP contribution in [-0.2, 0) is 6.42 Å². The van der Waals surface area contributed by atoms with Crippen molar-refractivity contribution in [2.24, 2.45) is 5.73 Å². The number of rotatable bonds is 3. The van der Waals surface area contributed by atoms with E-state index in [-0.39, 0.29) is 6.04 Å². The zero-order chi connectivity index (χ0) is 13.2. The molecule has 0 amide bonds. The van der Waals surface area contributed by atoms with Gasteiger partial charge in [0.25, 0.3) is 0 Å². The van der Waals surface area contributed by atoms with Gasteiger partial charge in [-0.15, -0.1) is 11.3 Å². The van der Waals surface area contributed by atoms with Gasteiger partial charge in [-0.3, -0.25) is 4.98 Å². The summed E-state index contributed by atoms with van der Waals surface area (Å²) >= 11 is 7.50. The molecule has 0 aliphatic rings. The lowest BCUT2D eigenvalue weighted by atomic mass is 10.1. The topological polar surface area (TPSA) is 38.9 Å². The summed E-state index contributed by atoms with van der Waals surface area (Å²) in [6.07, 6.45) is 0.767. The van der Waals surface area contributed by atoms with Crippen molar-refractivity contribution in [2.75, 3.05) is 0 Å². The Labute approximate surface area is 120 Å². The van der Waals surface area contributed by atoms with E-state index in [4.69, 9.17) is 17.3 Å². The van der Waals surface area contributed by atoms with E-state index in [1.165, 1.54) is 4.88 Å². The summed E-state index contributed by atoms with van der Waals surface area (Å²) in [4.78, 5) is 5.81. The van der Waals surface area contributed by atoms with Crippen LogP contribution < -0.4 is 5.73 Å². The molecular formula is C15H13ClN2S. The number of hydrogen-bond donors (Lipinski definition) is 1. The maximum absolute atomic E-state index is 6.23. The third kappa shape index (κ3) is 2.78. The van der Waals surface area contributed by atoms with Gasteiger partial charge in [-0.2, -0.15) is 0 Å². The largest absolute Gasteiger partial charge is 0.322 e. The van der Waals surface area contributed by atoms with Crippen LogP contribution in [0.3, 0.4) is 0 Å². The van der Waals surface area contributed by atoms with Gasteiger partial charge < -0.3 is 5.73 Å². The first-order chi connectivity index (χ1) is 9.22. The van der Waals surface area contributed by atoms with Crippen molar-refractivity contribution in [3.8, 4) is 0 Å². The number of para-hydroxylation sites is 1. The van der Waals surface area contributed by atoms with E-state index >= 15 is 0 Å². The first-order valence-electron chi connectivity index (χ1n) is 6.08. The Hall–Kier alpha value is -1.42. The van der Waals surface area contributed by atoms with Gasteiger partial charge in [0.05, 0.1) is 21.6 Å². The summed E-state index contributed by atoms with van der Waals surface area (Å²) in [5.74, 6) is 0. The van der Waals surface area contributed by atoms with E-state index in [0.29, 0.717) is 0 Å². The van der Waals surface area contributed by atoms with Crippen molar-refractivity contribution in [1.82, 2.24) is 4.98 Å². The predicted molar refractivity (Wildman–Crippen MR) is 81.7 cm³/mol. The molecule has 2 N–H and O–H groups in total. The van der Waals surface area contributed by atoms with E-state index < -0.39 is 0 Å². The molecule has 0 fully saturated rings. The molecule has 3 rings (SSSR count). The van der Waals surface area contributed by atoms with E-state index in [9.17, 15) is 0 Å². The number of nitrogens with two attached hydrogens (primary N) is 1. The number of benzene rings is 1. The molecule has 2 aromatic heterocycles. The average molecular weight is 289 g/mol. The number of hydrogen-bond acceptors (Lipinski definition) is 3. The zero-order valence-corrected chi connectivity index (χ0v) is 11.8. The number of fused-ring (bicyclic) bond motifs is 1. The van der Waals surface area contributed by atoms with Crippen molar-refractivity contribution in [3.05, 3.63) is 63.4 Å². The number of thiophene rings is 1. The SMILES string of the molecule is NC(Cc1ccc(Cl)s1)c1ccc2ccccc2n1. The van der Waals surface area contributed by atoms with Crippen LogP contribution in [-0.4, -0.2) is 4.98 Å². The highest BCUT2D eigenvalue weighted by Gasteiger charge is 2.10. The number of nitrogens with zero attached hydrogens (tertiary/aromatic N) is 1. The lowest BCUT2D eigenvalue weighted by Crippen LogP contribution is -2.14. The van der Waals surface area contributed by atoms with Crippen molar-refractivity contribution < 1.29 is 0 Å². The van der Waals surface area contributed by atoms with E-state index in [1.807, 2.05) is 36.4 Å². The van der Waals surface area contributed by atoms with E-state index in [2.05, 4.69) is 17.1 Å². The van der Waals surface area contributed by atoms with Gasteiger partial charge in [-0.05, 0) is 24.3 Å². The summed E-state index contributed by atoms with van der Waals surface area (Å²) in [5.41, 5.74) is 8.13. The van der Waals surface area contributed by atoms with Gasteiger partial charge in [-0.1, -0.05) is 35.9 Å². The second kappa shape index (κ2) is 5.29. The fraction of sp³-hybridized carbons (Fsp3) is 0.133. The van der Waals surface area contributed by atoms with Crippen LogP contribution in [0, 0.1) is 0 Å². The molecule has 2 nitrogen and oxygen atoms in total. The van der Waals surface area contributed by atoms with Crippen LogP contribution in [0.4, 0.5) is 0 Å². The summed E-state index contributed by atoms with van der Waals surface area (Å²) in [6.45, 7) is 0. The van der Waals surface area contributed by atoms with Gasteiger partial charge in [0.1, 0.15) is 0 Å². The zero-order valence-electron chi connectivity index (χ0n) is 10.2. The normalized spacial score (nSPS) is 12.7. The minimum Gasteiger partial charge on any atom is -0.322 e. The summed E-state index contributed by atoms with van der Waals surface area (Å²) < 4.78 is 0.800. The molecule has 1 unspecified atom stereocenters. The fourth-order valence-electron chi connectivity index (χ4n) is 2.07. The van der Waals surface area contributed by atoms with Crippen LogP contribution in [0.2, 0.25) is 4.34 Å². The van der Waals surface area contributed by atoms with Gasteiger partial charge in [0, 0.05) is 16.7 Å².